The van der Waals surface area contributed by atoms with Crippen molar-refractivity contribution >= 4 is 11.9 Å². The van der Waals surface area contributed by atoms with Crippen LogP contribution < -0.4 is 0 Å². The summed E-state index contributed by atoms with van der Waals surface area (Å²) in [7, 11) is 1.75. The van der Waals surface area contributed by atoms with Crippen molar-refractivity contribution < 1.29 is 14.7 Å². The summed E-state index contributed by atoms with van der Waals surface area (Å²) in [6.45, 7) is 6.45. The second kappa shape index (κ2) is 6.00. The van der Waals surface area contributed by atoms with E-state index >= 15 is 0 Å². The molecule has 0 radical (unpaired) electrons. The molecule has 1 amide bonds. The number of carboxylic acid groups (broad SMARTS) is 1. The van der Waals surface area contributed by atoms with Crippen LogP contribution in [0.15, 0.2) is 0 Å². The predicted molar refractivity (Wildman–Crippen MR) is 64.7 cm³/mol. The summed E-state index contributed by atoms with van der Waals surface area (Å²) in [5, 5.41) is 8.92. The molecule has 0 bridgehead atoms. The van der Waals surface area contributed by atoms with Gasteiger partial charge in [-0.05, 0) is 12.3 Å². The van der Waals surface area contributed by atoms with Crippen LogP contribution >= 0.6 is 0 Å². The van der Waals surface area contributed by atoms with E-state index in [1.807, 2.05) is 4.90 Å². The smallest absolute Gasteiger partial charge is 0.305 e. The van der Waals surface area contributed by atoms with Gasteiger partial charge < -0.3 is 10.0 Å². The molecule has 1 atom stereocenters. The first kappa shape index (κ1) is 14.0. The van der Waals surface area contributed by atoms with Crippen LogP contribution in [-0.4, -0.2) is 59.5 Å². The quantitative estimate of drug-likeness (QED) is 0.786. The van der Waals surface area contributed by atoms with E-state index in [-0.39, 0.29) is 12.3 Å². The van der Waals surface area contributed by atoms with Gasteiger partial charge in [0.1, 0.15) is 0 Å². The molecule has 0 aliphatic carbocycles. The third kappa shape index (κ3) is 4.00. The minimum atomic E-state index is -0.910. The number of carbonyl (C=O) groups is 2. The summed E-state index contributed by atoms with van der Waals surface area (Å²) >= 11 is 0. The molecule has 5 nitrogen and oxygen atoms in total. The van der Waals surface area contributed by atoms with Gasteiger partial charge in [0.15, 0.2) is 0 Å². The molecule has 0 saturated carbocycles. The third-order valence-corrected chi connectivity index (χ3v) is 3.01. The predicted octanol–water partition coefficient (Wildman–Crippen LogP) is 0.650. The Bertz CT molecular complexity index is 291. The van der Waals surface area contributed by atoms with Gasteiger partial charge in [0.25, 0.3) is 0 Å². The van der Waals surface area contributed by atoms with E-state index in [1.165, 1.54) is 0 Å². The third-order valence-electron chi connectivity index (χ3n) is 3.01. The summed E-state index contributed by atoms with van der Waals surface area (Å²) in [6.07, 6.45) is 0.807. The highest BCUT2D eigenvalue weighted by atomic mass is 16.4. The molecule has 5 heteroatoms. The second-order valence-electron chi connectivity index (χ2n) is 5.12. The Hall–Kier alpha value is -1.10. The number of likely N-dealkylation sites (N-methyl/N-ethyl adjacent to an activating group) is 1. The topological polar surface area (TPSA) is 60.9 Å². The lowest BCUT2D eigenvalue weighted by Gasteiger charge is -2.29. The lowest BCUT2D eigenvalue weighted by molar-refractivity contribution is -0.144. The Morgan fingerprint density at radius 2 is 2.12 bits per heavy atom. The molecule has 1 aliphatic heterocycles. The molecular formula is C12H22N2O3. The number of amides is 1. The molecule has 1 rings (SSSR count). The summed E-state index contributed by atoms with van der Waals surface area (Å²) in [4.78, 5) is 26.6. The highest BCUT2D eigenvalue weighted by molar-refractivity contribution is 5.86. The minimum absolute atomic E-state index is 0.0643. The zero-order chi connectivity index (χ0) is 13.0. The summed E-state index contributed by atoms with van der Waals surface area (Å²) < 4.78 is 0. The van der Waals surface area contributed by atoms with E-state index in [1.54, 1.807) is 11.9 Å². The van der Waals surface area contributed by atoms with Gasteiger partial charge in [-0.1, -0.05) is 13.8 Å². The van der Waals surface area contributed by atoms with Gasteiger partial charge in [0.2, 0.25) is 5.91 Å². The molecule has 17 heavy (non-hydrogen) atoms. The first-order valence-electron chi connectivity index (χ1n) is 6.12. The summed E-state index contributed by atoms with van der Waals surface area (Å²) in [5.41, 5.74) is 0. The number of hydrogen-bond acceptors (Lipinski definition) is 3. The number of hydrogen-bond donors (Lipinski definition) is 1. The van der Waals surface area contributed by atoms with Gasteiger partial charge in [-0.25, -0.2) is 0 Å². The van der Waals surface area contributed by atoms with Gasteiger partial charge in [-0.2, -0.15) is 0 Å². The van der Waals surface area contributed by atoms with Gasteiger partial charge in [-0.15, -0.1) is 0 Å². The average Bonchev–Trinajstić information content (AvgIpc) is 2.32. The zero-order valence-electron chi connectivity index (χ0n) is 10.8. The molecule has 1 fully saturated rings. The number of carboxylic acids is 1. The van der Waals surface area contributed by atoms with Crippen LogP contribution in [0.25, 0.3) is 0 Å². The maximum absolute atomic E-state index is 12.1. The first-order valence-corrected chi connectivity index (χ1v) is 6.12. The maximum Gasteiger partial charge on any atom is 0.305 e. The van der Waals surface area contributed by atoms with Gasteiger partial charge in [0.05, 0.1) is 12.5 Å². The van der Waals surface area contributed by atoms with Gasteiger partial charge in [-0.3, -0.25) is 14.5 Å². The Morgan fingerprint density at radius 3 is 2.65 bits per heavy atom. The maximum atomic E-state index is 12.1. The average molecular weight is 242 g/mol. The second-order valence-corrected chi connectivity index (χ2v) is 5.12. The fourth-order valence-electron chi connectivity index (χ4n) is 2.26. The first-order chi connectivity index (χ1) is 7.91. The van der Waals surface area contributed by atoms with Crippen LogP contribution in [0.1, 0.15) is 26.7 Å². The lowest BCUT2D eigenvalue weighted by atomic mass is 10.1. The van der Waals surface area contributed by atoms with E-state index in [0.717, 1.165) is 19.5 Å². The number of carbonyl (C=O) groups excluding carboxylic acids is 1. The van der Waals surface area contributed by atoms with Crippen LogP contribution in [-0.2, 0) is 9.59 Å². The number of nitrogens with zero attached hydrogens (tertiary/aromatic N) is 2. The van der Waals surface area contributed by atoms with Crippen molar-refractivity contribution in [3.63, 3.8) is 0 Å². The molecule has 0 aromatic carbocycles. The molecule has 98 valence electrons. The SMILES string of the molecule is CC(C)CN1CCCN(C)C(=O)C1CC(=O)O. The highest BCUT2D eigenvalue weighted by Crippen LogP contribution is 2.15. The molecular weight excluding hydrogens is 220 g/mol. The van der Waals surface area contributed by atoms with Crippen molar-refractivity contribution in [1.82, 2.24) is 9.80 Å². The van der Waals surface area contributed by atoms with Crippen LogP contribution in [0.3, 0.4) is 0 Å². The summed E-state index contributed by atoms with van der Waals surface area (Å²) in [5.74, 6) is -0.541. The Kier molecular flexibility index (Phi) is 4.93. The fourth-order valence-corrected chi connectivity index (χ4v) is 2.26. The summed E-state index contributed by atoms with van der Waals surface area (Å²) in [6, 6.07) is -0.498. The Balaban J connectivity index is 2.82. The zero-order valence-corrected chi connectivity index (χ0v) is 10.8. The lowest BCUT2D eigenvalue weighted by Crippen LogP contribution is -2.47. The molecule has 0 aromatic rings. The molecule has 1 saturated heterocycles. The van der Waals surface area contributed by atoms with E-state index in [9.17, 15) is 9.59 Å². The van der Waals surface area contributed by atoms with Crippen LogP contribution in [0.4, 0.5) is 0 Å². The van der Waals surface area contributed by atoms with Crippen LogP contribution in [0.2, 0.25) is 0 Å². The molecule has 1 heterocycles. The van der Waals surface area contributed by atoms with Crippen molar-refractivity contribution in [3.05, 3.63) is 0 Å². The normalized spacial score (nSPS) is 22.9. The monoisotopic (exact) mass is 242 g/mol. The van der Waals surface area contributed by atoms with Crippen molar-refractivity contribution in [2.45, 2.75) is 32.7 Å². The van der Waals surface area contributed by atoms with E-state index < -0.39 is 12.0 Å². The van der Waals surface area contributed by atoms with Crippen molar-refractivity contribution in [2.75, 3.05) is 26.7 Å². The molecule has 1 N–H and O–H groups in total. The minimum Gasteiger partial charge on any atom is -0.481 e. The molecule has 0 spiro atoms. The number of rotatable bonds is 4. The fraction of sp³-hybridized carbons (Fsp3) is 0.833. The molecule has 0 aromatic heterocycles. The van der Waals surface area contributed by atoms with E-state index in [0.29, 0.717) is 12.5 Å². The Labute approximate surface area is 102 Å². The van der Waals surface area contributed by atoms with Crippen molar-refractivity contribution in [2.24, 2.45) is 5.92 Å². The van der Waals surface area contributed by atoms with Gasteiger partial charge >= 0.3 is 5.97 Å². The molecule has 1 unspecified atom stereocenters. The standard InChI is InChI=1S/C12H22N2O3/c1-9(2)8-14-6-4-5-13(3)12(17)10(14)7-11(15)16/h9-10H,4-8H2,1-3H3,(H,15,16). The Morgan fingerprint density at radius 1 is 1.47 bits per heavy atom. The van der Waals surface area contributed by atoms with Crippen LogP contribution in [0.5, 0.6) is 0 Å². The van der Waals surface area contributed by atoms with Gasteiger partial charge in [0, 0.05) is 26.7 Å². The van der Waals surface area contributed by atoms with E-state index in [4.69, 9.17) is 5.11 Å². The van der Waals surface area contributed by atoms with E-state index in [2.05, 4.69) is 13.8 Å². The number of aliphatic carboxylic acids is 1. The van der Waals surface area contributed by atoms with Crippen molar-refractivity contribution in [1.29, 1.82) is 0 Å². The van der Waals surface area contributed by atoms with Crippen molar-refractivity contribution in [3.8, 4) is 0 Å². The molecule has 1 aliphatic rings. The van der Waals surface area contributed by atoms with Crippen LogP contribution in [0, 0.1) is 5.92 Å². The highest BCUT2D eigenvalue weighted by Gasteiger charge is 2.32. The largest absolute Gasteiger partial charge is 0.481 e.